The van der Waals surface area contributed by atoms with E-state index in [9.17, 15) is 14.7 Å². The van der Waals surface area contributed by atoms with Crippen LogP contribution in [0.25, 0.3) is 0 Å². The second kappa shape index (κ2) is 4.99. The third-order valence-corrected chi connectivity index (χ3v) is 2.86. The second-order valence-electron chi connectivity index (χ2n) is 4.18. The molecule has 0 saturated heterocycles. The molecule has 0 spiro atoms. The van der Waals surface area contributed by atoms with E-state index in [0.717, 1.165) is 5.56 Å². The highest BCUT2D eigenvalue weighted by molar-refractivity contribution is 6.01. The Bertz CT molecular complexity index is 475. The zero-order chi connectivity index (χ0) is 13.2. The lowest BCUT2D eigenvalue weighted by atomic mass is 9.94. The summed E-state index contributed by atoms with van der Waals surface area (Å²) in [5.74, 6) is -1.37. The molecule has 0 aliphatic rings. The molecule has 1 aromatic carbocycles. The van der Waals surface area contributed by atoms with Gasteiger partial charge in [-0.3, -0.25) is 9.59 Å². The first-order chi connectivity index (χ1) is 7.84. The van der Waals surface area contributed by atoms with Gasteiger partial charge in [-0.2, -0.15) is 0 Å². The summed E-state index contributed by atoms with van der Waals surface area (Å²) in [5, 5.41) is 18.5. The first kappa shape index (κ1) is 13.2. The SMILES string of the molecule is Cc1cc(C)c(C(=O)CCC(=O)O)c(O)c1C. The number of hydrogen-bond acceptors (Lipinski definition) is 3. The minimum Gasteiger partial charge on any atom is -0.507 e. The third-order valence-electron chi connectivity index (χ3n) is 2.86. The Kier molecular flexibility index (Phi) is 3.89. The molecule has 0 saturated carbocycles. The minimum atomic E-state index is -1.01. The molecule has 0 bridgehead atoms. The molecule has 0 radical (unpaired) electrons. The van der Waals surface area contributed by atoms with Gasteiger partial charge in [0.25, 0.3) is 0 Å². The van der Waals surface area contributed by atoms with Gasteiger partial charge in [-0.15, -0.1) is 0 Å². The van der Waals surface area contributed by atoms with Crippen molar-refractivity contribution < 1.29 is 19.8 Å². The number of aromatic hydroxyl groups is 1. The Morgan fingerprint density at radius 1 is 1.12 bits per heavy atom. The van der Waals surface area contributed by atoms with E-state index < -0.39 is 5.97 Å². The Morgan fingerprint density at radius 3 is 2.24 bits per heavy atom. The average Bonchev–Trinajstić information content (AvgIpc) is 2.23. The summed E-state index contributed by atoms with van der Waals surface area (Å²) >= 11 is 0. The molecular weight excluding hydrogens is 220 g/mol. The molecular formula is C13H16O4. The van der Waals surface area contributed by atoms with Crippen LogP contribution in [0.1, 0.15) is 39.9 Å². The molecule has 4 heteroatoms. The highest BCUT2D eigenvalue weighted by Crippen LogP contribution is 2.29. The van der Waals surface area contributed by atoms with Gasteiger partial charge in [-0.1, -0.05) is 6.07 Å². The molecule has 0 atom stereocenters. The van der Waals surface area contributed by atoms with Crippen molar-refractivity contribution in [3.8, 4) is 5.75 Å². The first-order valence-electron chi connectivity index (χ1n) is 5.39. The van der Waals surface area contributed by atoms with E-state index in [1.54, 1.807) is 13.8 Å². The molecule has 92 valence electrons. The van der Waals surface area contributed by atoms with Crippen LogP contribution in [0, 0.1) is 20.8 Å². The number of aryl methyl sites for hydroxylation is 2. The predicted molar refractivity (Wildman–Crippen MR) is 63.5 cm³/mol. The number of phenols is 1. The highest BCUT2D eigenvalue weighted by atomic mass is 16.4. The van der Waals surface area contributed by atoms with Crippen LogP contribution < -0.4 is 0 Å². The lowest BCUT2D eigenvalue weighted by molar-refractivity contribution is -0.136. The number of hydrogen-bond donors (Lipinski definition) is 2. The lowest BCUT2D eigenvalue weighted by Gasteiger charge is -2.12. The quantitative estimate of drug-likeness (QED) is 0.787. The van der Waals surface area contributed by atoms with Gasteiger partial charge >= 0.3 is 5.97 Å². The summed E-state index contributed by atoms with van der Waals surface area (Å²) in [4.78, 5) is 22.2. The van der Waals surface area contributed by atoms with Crippen molar-refractivity contribution >= 4 is 11.8 Å². The number of carboxylic acids is 1. The number of benzene rings is 1. The van der Waals surface area contributed by atoms with E-state index in [4.69, 9.17) is 5.11 Å². The monoisotopic (exact) mass is 236 g/mol. The van der Waals surface area contributed by atoms with Crippen LogP contribution in [0.15, 0.2) is 6.07 Å². The second-order valence-corrected chi connectivity index (χ2v) is 4.18. The maximum Gasteiger partial charge on any atom is 0.303 e. The van der Waals surface area contributed by atoms with Gasteiger partial charge in [0.1, 0.15) is 5.75 Å². The van der Waals surface area contributed by atoms with Crippen LogP contribution >= 0.6 is 0 Å². The summed E-state index contributed by atoms with van der Waals surface area (Å²) in [7, 11) is 0. The van der Waals surface area contributed by atoms with Gasteiger partial charge in [0, 0.05) is 6.42 Å². The fraction of sp³-hybridized carbons (Fsp3) is 0.385. The summed E-state index contributed by atoms with van der Waals surface area (Å²) in [6.07, 6.45) is -0.309. The molecule has 2 N–H and O–H groups in total. The molecule has 0 aromatic heterocycles. The summed E-state index contributed by atoms with van der Waals surface area (Å²) in [5.41, 5.74) is 2.50. The van der Waals surface area contributed by atoms with Gasteiger partial charge < -0.3 is 10.2 Å². The smallest absolute Gasteiger partial charge is 0.303 e. The van der Waals surface area contributed by atoms with E-state index in [0.29, 0.717) is 11.1 Å². The number of carboxylic acid groups (broad SMARTS) is 1. The van der Waals surface area contributed by atoms with Crippen molar-refractivity contribution in [2.75, 3.05) is 0 Å². The van der Waals surface area contributed by atoms with Crippen LogP contribution in [-0.4, -0.2) is 22.0 Å². The average molecular weight is 236 g/mol. The molecule has 17 heavy (non-hydrogen) atoms. The predicted octanol–water partition coefficient (Wildman–Crippen LogP) is 2.36. The van der Waals surface area contributed by atoms with Crippen LogP contribution in [0.2, 0.25) is 0 Å². The molecule has 0 aliphatic heterocycles. The van der Waals surface area contributed by atoms with Gasteiger partial charge in [0.05, 0.1) is 12.0 Å². The Hall–Kier alpha value is -1.84. The fourth-order valence-electron chi connectivity index (χ4n) is 1.76. The van der Waals surface area contributed by atoms with Gasteiger partial charge in [-0.25, -0.2) is 0 Å². The van der Waals surface area contributed by atoms with Gasteiger partial charge in [0.2, 0.25) is 0 Å². The molecule has 4 nitrogen and oxygen atoms in total. The Labute approximate surface area is 99.9 Å². The molecule has 0 amide bonds. The van der Waals surface area contributed by atoms with Crippen LogP contribution in [-0.2, 0) is 4.79 Å². The van der Waals surface area contributed by atoms with Crippen molar-refractivity contribution in [1.29, 1.82) is 0 Å². The number of ketones is 1. The molecule has 0 aliphatic carbocycles. The van der Waals surface area contributed by atoms with Crippen molar-refractivity contribution in [2.45, 2.75) is 33.6 Å². The number of Topliss-reactive ketones (excluding diaryl/α,β-unsaturated/α-hetero) is 1. The minimum absolute atomic E-state index is 0.0297. The maximum absolute atomic E-state index is 11.8. The fourth-order valence-corrected chi connectivity index (χ4v) is 1.76. The topological polar surface area (TPSA) is 74.6 Å². The zero-order valence-corrected chi connectivity index (χ0v) is 10.2. The van der Waals surface area contributed by atoms with Crippen molar-refractivity contribution in [3.63, 3.8) is 0 Å². The molecule has 0 unspecified atom stereocenters. The standard InChI is InChI=1S/C13H16O4/c1-7-6-8(2)12(13(17)9(7)3)10(14)4-5-11(15)16/h6,17H,4-5H2,1-3H3,(H,15,16). The van der Waals surface area contributed by atoms with E-state index in [1.807, 2.05) is 13.0 Å². The zero-order valence-electron chi connectivity index (χ0n) is 10.2. The lowest BCUT2D eigenvalue weighted by Crippen LogP contribution is -2.07. The molecule has 1 aromatic rings. The van der Waals surface area contributed by atoms with E-state index >= 15 is 0 Å². The number of aliphatic carboxylic acids is 1. The van der Waals surface area contributed by atoms with E-state index in [2.05, 4.69) is 0 Å². The maximum atomic E-state index is 11.8. The number of carbonyl (C=O) groups is 2. The van der Waals surface area contributed by atoms with Crippen LogP contribution in [0.5, 0.6) is 5.75 Å². The highest BCUT2D eigenvalue weighted by Gasteiger charge is 2.18. The number of phenolic OH excluding ortho intramolecular Hbond substituents is 1. The summed E-state index contributed by atoms with van der Waals surface area (Å²) in [6, 6.07) is 1.82. The normalized spacial score (nSPS) is 10.3. The van der Waals surface area contributed by atoms with Crippen LogP contribution in [0.4, 0.5) is 0 Å². The summed E-state index contributed by atoms with van der Waals surface area (Å²) < 4.78 is 0. The van der Waals surface area contributed by atoms with Gasteiger partial charge in [-0.05, 0) is 37.5 Å². The van der Waals surface area contributed by atoms with E-state index in [1.165, 1.54) is 0 Å². The van der Waals surface area contributed by atoms with E-state index in [-0.39, 0.29) is 29.9 Å². The van der Waals surface area contributed by atoms with Crippen molar-refractivity contribution in [3.05, 3.63) is 28.3 Å². The van der Waals surface area contributed by atoms with Gasteiger partial charge in [0.15, 0.2) is 5.78 Å². The Balaban J connectivity index is 3.10. The third kappa shape index (κ3) is 2.84. The molecule has 1 rings (SSSR count). The largest absolute Gasteiger partial charge is 0.507 e. The van der Waals surface area contributed by atoms with Crippen LogP contribution in [0.3, 0.4) is 0 Å². The summed E-state index contributed by atoms with van der Waals surface area (Å²) in [6.45, 7) is 5.33. The molecule has 0 fully saturated rings. The van der Waals surface area contributed by atoms with Crippen molar-refractivity contribution in [2.24, 2.45) is 0 Å². The first-order valence-corrected chi connectivity index (χ1v) is 5.39. The Morgan fingerprint density at radius 2 is 1.71 bits per heavy atom. The molecule has 0 heterocycles. The number of rotatable bonds is 4. The van der Waals surface area contributed by atoms with Crippen molar-refractivity contribution in [1.82, 2.24) is 0 Å². The number of carbonyl (C=O) groups excluding carboxylic acids is 1.